The molecule has 2 N–H and O–H groups in total. The quantitative estimate of drug-likeness (QED) is 0.700. The normalized spacial score (nSPS) is 13.3. The molecule has 0 radical (unpaired) electrons. The van der Waals surface area contributed by atoms with Gasteiger partial charge in [0.15, 0.2) is 5.03 Å². The lowest BCUT2D eigenvalue weighted by molar-refractivity contribution is -0.139. The molecule has 1 unspecified atom stereocenters. The molecule has 0 aliphatic heterocycles. The fourth-order valence-corrected chi connectivity index (χ4v) is 3.50. The number of aromatic nitrogens is 2. The standard InChI is InChI=1S/C12H21N3O4S2/c1-4-6-15-8-11(13-9(15)2)21(18,19)14-10(12(16)17)5-7-20-3/h8,10,14H,4-7H2,1-3H3,(H,16,17). The number of hydrogen-bond acceptors (Lipinski definition) is 5. The van der Waals surface area contributed by atoms with Crippen molar-refractivity contribution in [2.45, 2.75) is 44.3 Å². The number of aryl methyl sites for hydroxylation is 2. The van der Waals surface area contributed by atoms with Crippen molar-refractivity contribution in [3.8, 4) is 0 Å². The van der Waals surface area contributed by atoms with Gasteiger partial charge in [0.05, 0.1) is 0 Å². The van der Waals surface area contributed by atoms with Crippen LogP contribution in [0.2, 0.25) is 0 Å². The zero-order chi connectivity index (χ0) is 16.0. The molecule has 0 saturated heterocycles. The van der Waals surface area contributed by atoms with Crippen molar-refractivity contribution in [2.75, 3.05) is 12.0 Å². The number of carbonyl (C=O) groups is 1. The predicted octanol–water partition coefficient (Wildman–Crippen LogP) is 1.09. The van der Waals surface area contributed by atoms with E-state index in [2.05, 4.69) is 9.71 Å². The van der Waals surface area contributed by atoms with E-state index in [9.17, 15) is 13.2 Å². The number of aliphatic carboxylic acids is 1. The highest BCUT2D eigenvalue weighted by Gasteiger charge is 2.27. The molecule has 7 nitrogen and oxygen atoms in total. The first-order valence-electron chi connectivity index (χ1n) is 6.59. The second-order valence-corrected chi connectivity index (χ2v) is 7.26. The number of thioether (sulfide) groups is 1. The molecular formula is C12H21N3O4S2. The number of carboxylic acids is 1. The summed E-state index contributed by atoms with van der Waals surface area (Å²) in [6, 6.07) is -1.14. The topological polar surface area (TPSA) is 101 Å². The summed E-state index contributed by atoms with van der Waals surface area (Å²) in [4.78, 5) is 15.1. The van der Waals surface area contributed by atoms with Crippen molar-refractivity contribution in [1.29, 1.82) is 0 Å². The summed E-state index contributed by atoms with van der Waals surface area (Å²) in [6.07, 6.45) is 4.36. The van der Waals surface area contributed by atoms with Crippen LogP contribution in [0.15, 0.2) is 11.2 Å². The molecule has 0 spiro atoms. The van der Waals surface area contributed by atoms with Gasteiger partial charge in [-0.15, -0.1) is 0 Å². The third-order valence-corrected chi connectivity index (χ3v) is 4.89. The highest BCUT2D eigenvalue weighted by molar-refractivity contribution is 7.98. The molecule has 120 valence electrons. The van der Waals surface area contributed by atoms with Crippen molar-refractivity contribution in [1.82, 2.24) is 14.3 Å². The van der Waals surface area contributed by atoms with Gasteiger partial charge in [0.2, 0.25) is 0 Å². The van der Waals surface area contributed by atoms with Crippen molar-refractivity contribution in [2.24, 2.45) is 0 Å². The van der Waals surface area contributed by atoms with E-state index in [1.807, 2.05) is 13.2 Å². The number of carboxylic acid groups (broad SMARTS) is 1. The lowest BCUT2D eigenvalue weighted by Gasteiger charge is -2.12. The van der Waals surface area contributed by atoms with Crippen LogP contribution in [0, 0.1) is 6.92 Å². The summed E-state index contributed by atoms with van der Waals surface area (Å²) in [7, 11) is -3.93. The molecule has 0 fully saturated rings. The van der Waals surface area contributed by atoms with Crippen molar-refractivity contribution in [3.05, 3.63) is 12.0 Å². The van der Waals surface area contributed by atoms with Crippen LogP contribution in [0.4, 0.5) is 0 Å². The molecule has 1 aromatic heterocycles. The van der Waals surface area contributed by atoms with Crippen LogP contribution in [-0.2, 0) is 21.4 Å². The van der Waals surface area contributed by atoms with Crippen LogP contribution in [0.25, 0.3) is 0 Å². The fraction of sp³-hybridized carbons (Fsp3) is 0.667. The van der Waals surface area contributed by atoms with Crippen LogP contribution in [0.1, 0.15) is 25.6 Å². The van der Waals surface area contributed by atoms with E-state index in [4.69, 9.17) is 5.11 Å². The van der Waals surface area contributed by atoms with Crippen molar-refractivity contribution < 1.29 is 18.3 Å². The molecular weight excluding hydrogens is 314 g/mol. The Labute approximate surface area is 129 Å². The molecule has 0 aliphatic carbocycles. The number of imidazole rings is 1. The highest BCUT2D eigenvalue weighted by Crippen LogP contribution is 2.12. The first-order chi connectivity index (χ1) is 9.81. The Morgan fingerprint density at radius 1 is 1.57 bits per heavy atom. The maximum absolute atomic E-state index is 12.2. The minimum Gasteiger partial charge on any atom is -0.480 e. The average Bonchev–Trinajstić information content (AvgIpc) is 2.77. The van der Waals surface area contributed by atoms with Gasteiger partial charge in [0, 0.05) is 12.7 Å². The van der Waals surface area contributed by atoms with Gasteiger partial charge in [0.25, 0.3) is 10.0 Å². The molecule has 0 bridgehead atoms. The zero-order valence-corrected chi connectivity index (χ0v) is 14.0. The Kier molecular flexibility index (Phi) is 6.69. The Balaban J connectivity index is 2.93. The fourth-order valence-electron chi connectivity index (χ4n) is 1.79. The lowest BCUT2D eigenvalue weighted by Crippen LogP contribution is -2.41. The van der Waals surface area contributed by atoms with Gasteiger partial charge < -0.3 is 9.67 Å². The van der Waals surface area contributed by atoms with Gasteiger partial charge in [-0.1, -0.05) is 6.92 Å². The molecule has 1 heterocycles. The van der Waals surface area contributed by atoms with Gasteiger partial charge in [-0.25, -0.2) is 13.4 Å². The highest BCUT2D eigenvalue weighted by atomic mass is 32.2. The first kappa shape index (κ1) is 18.0. The SMILES string of the molecule is CCCn1cc(S(=O)(=O)NC(CCSC)C(=O)O)nc1C. The minimum atomic E-state index is -3.93. The lowest BCUT2D eigenvalue weighted by atomic mass is 10.2. The molecule has 21 heavy (non-hydrogen) atoms. The van der Waals surface area contributed by atoms with Crippen LogP contribution in [0.3, 0.4) is 0 Å². The van der Waals surface area contributed by atoms with Gasteiger partial charge in [-0.2, -0.15) is 16.5 Å². The van der Waals surface area contributed by atoms with Crippen LogP contribution in [-0.4, -0.2) is 47.1 Å². The Morgan fingerprint density at radius 2 is 2.24 bits per heavy atom. The summed E-state index contributed by atoms with van der Waals surface area (Å²) < 4.78 is 28.4. The van der Waals surface area contributed by atoms with E-state index < -0.39 is 22.0 Å². The number of rotatable bonds is 9. The molecule has 1 rings (SSSR count). The van der Waals surface area contributed by atoms with Gasteiger partial charge >= 0.3 is 5.97 Å². The first-order valence-corrected chi connectivity index (χ1v) is 9.47. The van der Waals surface area contributed by atoms with E-state index >= 15 is 0 Å². The summed E-state index contributed by atoms with van der Waals surface area (Å²) in [6.45, 7) is 4.37. The monoisotopic (exact) mass is 335 g/mol. The van der Waals surface area contributed by atoms with Crippen molar-refractivity contribution in [3.63, 3.8) is 0 Å². The molecule has 9 heteroatoms. The summed E-state index contributed by atoms with van der Waals surface area (Å²) in [5.41, 5.74) is 0. The summed E-state index contributed by atoms with van der Waals surface area (Å²) in [5, 5.41) is 8.96. The minimum absolute atomic E-state index is 0.135. The van der Waals surface area contributed by atoms with E-state index in [0.717, 1.165) is 6.42 Å². The smallest absolute Gasteiger partial charge is 0.321 e. The van der Waals surface area contributed by atoms with Gasteiger partial charge in [-0.05, 0) is 31.8 Å². The van der Waals surface area contributed by atoms with Crippen molar-refractivity contribution >= 4 is 27.8 Å². The molecule has 0 amide bonds. The molecule has 1 aromatic rings. The third-order valence-electron chi connectivity index (χ3n) is 2.90. The Bertz CT molecular complexity index is 583. The number of nitrogens with zero attached hydrogens (tertiary/aromatic N) is 2. The van der Waals surface area contributed by atoms with E-state index in [1.54, 1.807) is 11.5 Å². The van der Waals surface area contributed by atoms with Gasteiger partial charge in [-0.3, -0.25) is 4.79 Å². The molecule has 0 aromatic carbocycles. The molecule has 1 atom stereocenters. The number of nitrogens with one attached hydrogen (secondary N) is 1. The predicted molar refractivity (Wildman–Crippen MR) is 82.0 cm³/mol. The van der Waals surface area contributed by atoms with Gasteiger partial charge in [0.1, 0.15) is 11.9 Å². The molecule has 0 saturated carbocycles. The van der Waals surface area contributed by atoms with E-state index in [-0.39, 0.29) is 11.4 Å². The average molecular weight is 335 g/mol. The maximum Gasteiger partial charge on any atom is 0.321 e. The van der Waals surface area contributed by atoms with Crippen LogP contribution >= 0.6 is 11.8 Å². The zero-order valence-electron chi connectivity index (χ0n) is 12.4. The Hall–Kier alpha value is -1.06. The second kappa shape index (κ2) is 7.81. The number of sulfonamides is 1. The largest absolute Gasteiger partial charge is 0.480 e. The van der Waals surface area contributed by atoms with E-state index in [1.165, 1.54) is 18.0 Å². The van der Waals surface area contributed by atoms with Crippen LogP contribution in [0.5, 0.6) is 0 Å². The summed E-state index contributed by atoms with van der Waals surface area (Å²) in [5.74, 6) is -0.0338. The second-order valence-electron chi connectivity index (χ2n) is 4.61. The summed E-state index contributed by atoms with van der Waals surface area (Å²) >= 11 is 1.46. The van der Waals surface area contributed by atoms with E-state index in [0.29, 0.717) is 18.1 Å². The maximum atomic E-state index is 12.2. The number of hydrogen-bond donors (Lipinski definition) is 2. The Morgan fingerprint density at radius 3 is 2.76 bits per heavy atom. The third kappa shape index (κ3) is 5.01. The molecule has 0 aliphatic rings. The van der Waals surface area contributed by atoms with Crippen LogP contribution < -0.4 is 4.72 Å².